The predicted octanol–water partition coefficient (Wildman–Crippen LogP) is 0.508. The first-order chi connectivity index (χ1) is 10.9. The molecule has 0 bridgehead atoms. The predicted molar refractivity (Wildman–Crippen MR) is 80.0 cm³/mol. The van der Waals surface area contributed by atoms with Gasteiger partial charge in [0.2, 0.25) is 10.0 Å². The van der Waals surface area contributed by atoms with E-state index in [4.69, 9.17) is 15.1 Å². The van der Waals surface area contributed by atoms with Crippen LogP contribution in [0, 0.1) is 21.4 Å². The number of nitriles is 1. The molecule has 0 aliphatic rings. The average molecular weight is 343 g/mol. The topological polar surface area (TPSA) is 134 Å². The number of nitro benzene ring substituents is 1. The molecule has 0 heterocycles. The van der Waals surface area contributed by atoms with Crippen LogP contribution < -0.4 is 0 Å². The van der Waals surface area contributed by atoms with E-state index >= 15 is 0 Å². The number of aliphatic hydroxyl groups is 1. The Bertz CT molecular complexity index is 671. The van der Waals surface area contributed by atoms with Crippen LogP contribution in [0.1, 0.15) is 6.42 Å². The molecule has 0 aliphatic heterocycles. The van der Waals surface area contributed by atoms with Crippen LogP contribution >= 0.6 is 0 Å². The van der Waals surface area contributed by atoms with E-state index in [2.05, 4.69) is 0 Å². The molecule has 1 rings (SSSR count). The number of nitrogens with zero attached hydrogens (tertiary/aromatic N) is 3. The molecule has 0 radical (unpaired) electrons. The Labute approximate surface area is 133 Å². The molecule has 1 N–H and O–H groups in total. The summed E-state index contributed by atoms with van der Waals surface area (Å²) in [5.41, 5.74) is -0.331. The van der Waals surface area contributed by atoms with E-state index in [9.17, 15) is 18.5 Å². The summed E-state index contributed by atoms with van der Waals surface area (Å²) in [7, 11) is -3.98. The van der Waals surface area contributed by atoms with Gasteiger partial charge in [-0.3, -0.25) is 10.1 Å². The number of hydrogen-bond donors (Lipinski definition) is 1. The minimum absolute atomic E-state index is 0.0197. The van der Waals surface area contributed by atoms with Crippen LogP contribution in [-0.2, 0) is 14.8 Å². The van der Waals surface area contributed by atoms with E-state index < -0.39 is 14.9 Å². The van der Waals surface area contributed by atoms with E-state index in [-0.39, 0.29) is 49.9 Å². The van der Waals surface area contributed by atoms with Gasteiger partial charge in [-0.15, -0.1) is 0 Å². The summed E-state index contributed by atoms with van der Waals surface area (Å²) in [5.74, 6) is 0. The second-order valence-corrected chi connectivity index (χ2v) is 6.34. The summed E-state index contributed by atoms with van der Waals surface area (Å²) in [6.45, 7) is -0.143. The molecule has 0 aromatic heterocycles. The van der Waals surface area contributed by atoms with Crippen molar-refractivity contribution in [1.29, 1.82) is 5.26 Å². The third kappa shape index (κ3) is 5.57. The van der Waals surface area contributed by atoms with Gasteiger partial charge >= 0.3 is 0 Å². The first-order valence-corrected chi connectivity index (χ1v) is 8.17. The highest BCUT2D eigenvalue weighted by Gasteiger charge is 2.25. The van der Waals surface area contributed by atoms with Crippen LogP contribution in [0.3, 0.4) is 0 Å². The van der Waals surface area contributed by atoms with E-state index in [0.717, 1.165) is 10.4 Å². The summed E-state index contributed by atoms with van der Waals surface area (Å²) in [6.07, 6.45) is -0.0197. The Kier molecular flexibility index (Phi) is 7.56. The molecule has 1 aromatic carbocycles. The molecule has 126 valence electrons. The molecule has 0 fully saturated rings. The molecule has 0 amide bonds. The Balaban J connectivity index is 2.99. The van der Waals surface area contributed by atoms with Crippen molar-refractivity contribution in [2.45, 2.75) is 11.3 Å². The van der Waals surface area contributed by atoms with Crippen molar-refractivity contribution < 1.29 is 23.2 Å². The lowest BCUT2D eigenvalue weighted by atomic mass is 10.3. The lowest BCUT2D eigenvalue weighted by Gasteiger charge is -2.21. The summed E-state index contributed by atoms with van der Waals surface area (Å²) in [4.78, 5) is 9.88. The van der Waals surface area contributed by atoms with Crippen molar-refractivity contribution in [2.75, 3.05) is 32.9 Å². The highest BCUT2D eigenvalue weighted by Crippen LogP contribution is 2.21. The maximum Gasteiger partial charge on any atom is 0.270 e. The van der Waals surface area contributed by atoms with E-state index in [1.54, 1.807) is 0 Å². The van der Waals surface area contributed by atoms with Crippen LogP contribution in [0.2, 0.25) is 0 Å². The van der Waals surface area contributed by atoms with Gasteiger partial charge in [0.15, 0.2) is 0 Å². The summed E-state index contributed by atoms with van der Waals surface area (Å²) in [5, 5.41) is 28.1. The zero-order valence-corrected chi connectivity index (χ0v) is 13.1. The van der Waals surface area contributed by atoms with Gasteiger partial charge < -0.3 is 9.84 Å². The lowest BCUT2D eigenvalue weighted by Crippen LogP contribution is -2.35. The quantitative estimate of drug-likeness (QED) is 0.371. The minimum Gasteiger partial charge on any atom is -0.394 e. The fourth-order valence-corrected chi connectivity index (χ4v) is 3.23. The summed E-state index contributed by atoms with van der Waals surface area (Å²) >= 11 is 0. The Morgan fingerprint density at radius 3 is 2.70 bits per heavy atom. The first-order valence-electron chi connectivity index (χ1n) is 6.73. The van der Waals surface area contributed by atoms with Gasteiger partial charge in [-0.1, -0.05) is 6.07 Å². The van der Waals surface area contributed by atoms with E-state index in [0.29, 0.717) is 0 Å². The number of ether oxygens (including phenoxy) is 1. The van der Waals surface area contributed by atoms with Crippen molar-refractivity contribution in [3.8, 4) is 6.07 Å². The largest absolute Gasteiger partial charge is 0.394 e. The number of hydrogen-bond acceptors (Lipinski definition) is 7. The molecule has 23 heavy (non-hydrogen) atoms. The monoisotopic (exact) mass is 343 g/mol. The van der Waals surface area contributed by atoms with E-state index in [1.165, 1.54) is 18.2 Å². The third-order valence-corrected chi connectivity index (χ3v) is 4.75. The highest BCUT2D eigenvalue weighted by molar-refractivity contribution is 7.89. The number of nitro groups is 1. The maximum atomic E-state index is 12.6. The number of rotatable bonds is 10. The second kappa shape index (κ2) is 9.16. The normalized spacial score (nSPS) is 11.3. The second-order valence-electron chi connectivity index (χ2n) is 4.40. The molecule has 9 nitrogen and oxygen atoms in total. The molecular weight excluding hydrogens is 326 g/mol. The minimum atomic E-state index is -3.98. The third-order valence-electron chi connectivity index (χ3n) is 2.86. The highest BCUT2D eigenvalue weighted by atomic mass is 32.2. The molecule has 0 spiro atoms. The number of benzene rings is 1. The van der Waals surface area contributed by atoms with Crippen LogP contribution in [0.5, 0.6) is 0 Å². The van der Waals surface area contributed by atoms with Crippen LogP contribution in [0.15, 0.2) is 29.2 Å². The fourth-order valence-electron chi connectivity index (χ4n) is 1.77. The van der Waals surface area contributed by atoms with Gasteiger partial charge in [-0.25, -0.2) is 8.42 Å². The number of aliphatic hydroxyl groups excluding tert-OH is 1. The van der Waals surface area contributed by atoms with Crippen LogP contribution in [0.25, 0.3) is 0 Å². The summed E-state index contributed by atoms with van der Waals surface area (Å²) < 4.78 is 31.2. The molecule has 1 aromatic rings. The molecule has 0 aliphatic carbocycles. The molecule has 0 unspecified atom stereocenters. The smallest absolute Gasteiger partial charge is 0.270 e. The van der Waals surface area contributed by atoms with Crippen LogP contribution in [-0.4, -0.2) is 55.7 Å². The number of non-ortho nitro benzene ring substituents is 1. The Morgan fingerprint density at radius 2 is 2.09 bits per heavy atom. The fraction of sp³-hybridized carbons (Fsp3) is 0.462. The van der Waals surface area contributed by atoms with E-state index in [1.807, 2.05) is 6.07 Å². The van der Waals surface area contributed by atoms with Crippen molar-refractivity contribution in [3.63, 3.8) is 0 Å². The SMILES string of the molecule is N#CCCN(CCOCCO)S(=O)(=O)c1cccc([N+](=O)[O-])c1. The van der Waals surface area contributed by atoms with Gasteiger partial charge in [-0.2, -0.15) is 9.57 Å². The zero-order chi connectivity index (χ0) is 17.3. The average Bonchev–Trinajstić information content (AvgIpc) is 2.54. The van der Waals surface area contributed by atoms with Gasteiger partial charge in [0, 0.05) is 31.6 Å². The summed E-state index contributed by atoms with van der Waals surface area (Å²) in [6, 6.07) is 6.58. The van der Waals surface area contributed by atoms with Crippen molar-refractivity contribution >= 4 is 15.7 Å². The van der Waals surface area contributed by atoms with Crippen molar-refractivity contribution in [2.24, 2.45) is 0 Å². The van der Waals surface area contributed by atoms with Gasteiger partial charge in [-0.05, 0) is 6.07 Å². The van der Waals surface area contributed by atoms with Crippen molar-refractivity contribution in [1.82, 2.24) is 4.31 Å². The molecule has 0 atom stereocenters. The first kappa shape index (κ1) is 19.0. The molecular formula is C13H17N3O6S. The molecule has 0 saturated carbocycles. The molecule has 10 heteroatoms. The number of sulfonamides is 1. The van der Waals surface area contributed by atoms with Crippen LogP contribution in [0.4, 0.5) is 5.69 Å². The van der Waals surface area contributed by atoms with Crippen molar-refractivity contribution in [3.05, 3.63) is 34.4 Å². The Morgan fingerprint density at radius 1 is 1.35 bits per heavy atom. The van der Waals surface area contributed by atoms with Gasteiger partial charge in [0.25, 0.3) is 5.69 Å². The zero-order valence-electron chi connectivity index (χ0n) is 12.3. The Hall–Kier alpha value is -2.06. The van der Waals surface area contributed by atoms with Gasteiger partial charge in [0.1, 0.15) is 0 Å². The maximum absolute atomic E-state index is 12.6. The lowest BCUT2D eigenvalue weighted by molar-refractivity contribution is -0.385. The molecule has 0 saturated heterocycles. The van der Waals surface area contributed by atoms with Gasteiger partial charge in [0.05, 0.1) is 35.7 Å². The standard InChI is InChI=1S/C13H17N3O6S/c14-5-2-6-15(7-9-22-10-8-17)23(20,21)13-4-1-3-12(11-13)16(18)19/h1,3-4,11,17H,2,6-10H2.